The van der Waals surface area contributed by atoms with E-state index in [1.54, 1.807) is 0 Å². The van der Waals surface area contributed by atoms with E-state index in [2.05, 4.69) is 46.9 Å². The Morgan fingerprint density at radius 1 is 1.10 bits per heavy atom. The first-order chi connectivity index (χ1) is 10.2. The Hall–Kier alpha value is -1.09. The zero-order valence-corrected chi connectivity index (χ0v) is 14.5. The zero-order valence-electron chi connectivity index (χ0n) is 12.9. The van der Waals surface area contributed by atoms with Gasteiger partial charge in [0.15, 0.2) is 0 Å². The molecule has 1 aromatic carbocycles. The Morgan fingerprint density at radius 3 is 2.48 bits per heavy atom. The average molecular weight is 350 g/mol. The van der Waals surface area contributed by atoms with Crippen LogP contribution in [0.3, 0.4) is 0 Å². The number of nitrogens with zero attached hydrogens (tertiary/aromatic N) is 1. The first-order valence-corrected chi connectivity index (χ1v) is 8.89. The summed E-state index contributed by atoms with van der Waals surface area (Å²) in [5.41, 5.74) is 1.18. The van der Waals surface area contributed by atoms with Crippen molar-refractivity contribution in [3.63, 3.8) is 0 Å². The highest BCUT2D eigenvalue weighted by atomic mass is 79.9. The first-order valence-electron chi connectivity index (χ1n) is 7.77. The molecule has 0 saturated heterocycles. The smallest absolute Gasteiger partial charge is 0.145 e. The molecule has 0 N–H and O–H groups in total. The van der Waals surface area contributed by atoms with Crippen molar-refractivity contribution in [3.8, 4) is 5.75 Å². The van der Waals surface area contributed by atoms with Crippen LogP contribution >= 0.6 is 15.9 Å². The third-order valence-electron chi connectivity index (χ3n) is 3.97. The lowest BCUT2D eigenvalue weighted by Crippen LogP contribution is -2.30. The van der Waals surface area contributed by atoms with E-state index in [9.17, 15) is 0 Å². The fourth-order valence-electron chi connectivity index (χ4n) is 2.93. The summed E-state index contributed by atoms with van der Waals surface area (Å²) >= 11 is 3.70. The molecule has 2 nitrogen and oxygen atoms in total. The van der Waals surface area contributed by atoms with Crippen molar-refractivity contribution in [1.29, 1.82) is 0 Å². The zero-order chi connectivity index (χ0) is 15.1. The molecule has 0 fully saturated rings. The fraction of sp³-hybridized carbons (Fsp3) is 0.500. The van der Waals surface area contributed by atoms with Gasteiger partial charge in [0.25, 0.3) is 0 Å². The van der Waals surface area contributed by atoms with Gasteiger partial charge in [0, 0.05) is 22.3 Å². The maximum atomic E-state index is 6.19. The quantitative estimate of drug-likeness (QED) is 0.579. The molecule has 1 aromatic heterocycles. The van der Waals surface area contributed by atoms with Gasteiger partial charge in [0.05, 0.1) is 6.61 Å². The molecule has 0 aliphatic heterocycles. The molecule has 0 radical (unpaired) electrons. The number of benzene rings is 1. The average Bonchev–Trinajstić information content (AvgIpc) is 2.53. The van der Waals surface area contributed by atoms with Crippen LogP contribution in [0.15, 0.2) is 36.5 Å². The topological polar surface area (TPSA) is 22.1 Å². The van der Waals surface area contributed by atoms with Gasteiger partial charge in [-0.3, -0.25) is 4.98 Å². The third-order valence-corrected chi connectivity index (χ3v) is 5.16. The highest BCUT2D eigenvalue weighted by molar-refractivity contribution is 9.09. The first kappa shape index (κ1) is 16.3. The maximum absolute atomic E-state index is 6.19. The fourth-order valence-corrected chi connectivity index (χ4v) is 3.65. The summed E-state index contributed by atoms with van der Waals surface area (Å²) in [7, 11) is 0. The van der Waals surface area contributed by atoms with Gasteiger partial charge in [0.1, 0.15) is 11.3 Å². The van der Waals surface area contributed by atoms with Crippen molar-refractivity contribution in [3.05, 3.63) is 36.5 Å². The summed E-state index contributed by atoms with van der Waals surface area (Å²) in [6.45, 7) is 5.23. The number of hydrogen-bond donors (Lipinski definition) is 0. The van der Waals surface area contributed by atoms with Crippen LogP contribution in [0.25, 0.3) is 10.9 Å². The number of halogens is 1. The van der Waals surface area contributed by atoms with Crippen molar-refractivity contribution in [2.24, 2.45) is 5.41 Å². The second kappa shape index (κ2) is 7.79. The van der Waals surface area contributed by atoms with Crippen LogP contribution in [0.1, 0.15) is 39.5 Å². The number of fused-ring (bicyclic) bond motifs is 1. The van der Waals surface area contributed by atoms with Crippen molar-refractivity contribution in [2.75, 3.05) is 11.9 Å². The molecule has 0 bridgehead atoms. The number of hydrogen-bond acceptors (Lipinski definition) is 2. The lowest BCUT2D eigenvalue weighted by Gasteiger charge is -2.31. The number of rotatable bonds is 8. The lowest BCUT2D eigenvalue weighted by atomic mass is 9.82. The molecule has 0 spiro atoms. The molecule has 1 heterocycles. The highest BCUT2D eigenvalue weighted by Crippen LogP contribution is 2.34. The standard InChI is InChI=1S/C18H24BrNO/c1-3-10-18(13-19,11-4-2)14-21-16-9-5-7-15-8-6-12-20-17(15)16/h5-9,12H,3-4,10-11,13-14H2,1-2H3. The summed E-state index contributed by atoms with van der Waals surface area (Å²) in [6.07, 6.45) is 6.56. The Bertz CT molecular complexity index is 559. The maximum Gasteiger partial charge on any atom is 0.145 e. The van der Waals surface area contributed by atoms with Gasteiger partial charge in [-0.15, -0.1) is 0 Å². The van der Waals surface area contributed by atoms with E-state index in [-0.39, 0.29) is 5.41 Å². The molecule has 0 unspecified atom stereocenters. The summed E-state index contributed by atoms with van der Waals surface area (Å²) < 4.78 is 6.19. The molecule has 2 aromatic rings. The molecule has 21 heavy (non-hydrogen) atoms. The van der Waals surface area contributed by atoms with Gasteiger partial charge in [0.2, 0.25) is 0 Å². The summed E-state index contributed by atoms with van der Waals surface area (Å²) in [5.74, 6) is 0.894. The summed E-state index contributed by atoms with van der Waals surface area (Å²) in [5, 5.41) is 2.12. The molecular formula is C18H24BrNO. The van der Waals surface area contributed by atoms with E-state index in [1.807, 2.05) is 24.4 Å². The Morgan fingerprint density at radius 2 is 1.81 bits per heavy atom. The minimum atomic E-state index is 0.223. The molecule has 0 atom stereocenters. The van der Waals surface area contributed by atoms with Crippen LogP contribution in [-0.4, -0.2) is 16.9 Å². The number of alkyl halides is 1. The molecule has 0 amide bonds. The third kappa shape index (κ3) is 3.97. The highest BCUT2D eigenvalue weighted by Gasteiger charge is 2.28. The lowest BCUT2D eigenvalue weighted by molar-refractivity contribution is 0.145. The molecule has 2 rings (SSSR count). The summed E-state index contributed by atoms with van der Waals surface area (Å²) in [6, 6.07) is 10.2. The van der Waals surface area contributed by atoms with Crippen LogP contribution in [-0.2, 0) is 0 Å². The van der Waals surface area contributed by atoms with Crippen LogP contribution in [0, 0.1) is 5.41 Å². The Labute approximate surface area is 136 Å². The summed E-state index contributed by atoms with van der Waals surface area (Å²) in [4.78, 5) is 4.46. The van der Waals surface area contributed by atoms with Gasteiger partial charge in [-0.05, 0) is 25.0 Å². The second-order valence-corrected chi connectivity index (χ2v) is 6.31. The number of aromatic nitrogens is 1. The van der Waals surface area contributed by atoms with Crippen molar-refractivity contribution < 1.29 is 4.74 Å². The van der Waals surface area contributed by atoms with E-state index < -0.39 is 0 Å². The van der Waals surface area contributed by atoms with E-state index in [0.717, 1.165) is 28.6 Å². The molecule has 0 saturated carbocycles. The molecule has 0 aliphatic rings. The SMILES string of the molecule is CCCC(CBr)(CCC)COc1cccc2cccnc12. The second-order valence-electron chi connectivity index (χ2n) is 5.75. The Balaban J connectivity index is 2.19. The van der Waals surface area contributed by atoms with Gasteiger partial charge < -0.3 is 4.74 Å². The van der Waals surface area contributed by atoms with Crippen LogP contribution in [0.4, 0.5) is 0 Å². The predicted molar refractivity (Wildman–Crippen MR) is 93.3 cm³/mol. The van der Waals surface area contributed by atoms with Crippen molar-refractivity contribution in [2.45, 2.75) is 39.5 Å². The van der Waals surface area contributed by atoms with Crippen LogP contribution in [0.2, 0.25) is 0 Å². The normalized spacial score (nSPS) is 11.8. The van der Waals surface area contributed by atoms with E-state index >= 15 is 0 Å². The minimum Gasteiger partial charge on any atom is -0.491 e. The number of para-hydroxylation sites is 1. The van der Waals surface area contributed by atoms with E-state index in [1.165, 1.54) is 25.7 Å². The number of pyridine rings is 1. The van der Waals surface area contributed by atoms with Crippen molar-refractivity contribution in [1.82, 2.24) is 4.98 Å². The van der Waals surface area contributed by atoms with E-state index in [0.29, 0.717) is 0 Å². The van der Waals surface area contributed by atoms with Crippen LogP contribution < -0.4 is 4.74 Å². The molecule has 114 valence electrons. The largest absolute Gasteiger partial charge is 0.491 e. The number of ether oxygens (including phenoxy) is 1. The van der Waals surface area contributed by atoms with Crippen LogP contribution in [0.5, 0.6) is 5.75 Å². The predicted octanol–water partition coefficient (Wildman–Crippen LogP) is 5.60. The van der Waals surface area contributed by atoms with Gasteiger partial charge in [-0.25, -0.2) is 0 Å². The van der Waals surface area contributed by atoms with Gasteiger partial charge >= 0.3 is 0 Å². The van der Waals surface area contributed by atoms with E-state index in [4.69, 9.17) is 4.74 Å². The Kier molecular flexibility index (Phi) is 6.04. The van der Waals surface area contributed by atoms with Crippen molar-refractivity contribution >= 4 is 26.8 Å². The molecule has 3 heteroatoms. The van der Waals surface area contributed by atoms with Gasteiger partial charge in [-0.1, -0.05) is 60.8 Å². The minimum absolute atomic E-state index is 0.223. The van der Waals surface area contributed by atoms with Gasteiger partial charge in [-0.2, -0.15) is 0 Å². The monoisotopic (exact) mass is 349 g/mol. The molecular weight excluding hydrogens is 326 g/mol. The molecule has 0 aliphatic carbocycles.